The molecule has 0 bridgehead atoms. The van der Waals surface area contributed by atoms with Crippen LogP contribution < -0.4 is 9.47 Å². The quantitative estimate of drug-likeness (QED) is 0.602. The highest BCUT2D eigenvalue weighted by Crippen LogP contribution is 2.25. The molecule has 0 unspecified atom stereocenters. The Morgan fingerprint density at radius 3 is 2.55 bits per heavy atom. The van der Waals surface area contributed by atoms with Crippen LogP contribution in [0.1, 0.15) is 5.56 Å². The fourth-order valence-corrected chi connectivity index (χ4v) is 2.26. The lowest BCUT2D eigenvalue weighted by Gasteiger charge is -2.08. The molecule has 0 aromatic heterocycles. The first-order valence-electron chi connectivity index (χ1n) is 5.90. The van der Waals surface area contributed by atoms with Gasteiger partial charge in [0.05, 0.1) is 4.47 Å². The first-order valence-corrected chi connectivity index (χ1v) is 7.07. The normalized spacial score (nSPS) is 10.2. The van der Waals surface area contributed by atoms with Crippen molar-refractivity contribution in [3.05, 3.63) is 57.5 Å². The molecule has 3 nitrogen and oxygen atoms in total. The minimum atomic E-state index is -0.472. The second kappa shape index (κ2) is 6.77. The summed E-state index contributed by atoms with van der Waals surface area (Å²) in [6.45, 7) is 1.81. The zero-order valence-corrected chi connectivity index (χ0v) is 13.1. The number of benzene rings is 2. The van der Waals surface area contributed by atoms with Crippen LogP contribution in [0.3, 0.4) is 0 Å². The summed E-state index contributed by atoms with van der Waals surface area (Å²) >= 11 is 9.13. The van der Waals surface area contributed by atoms with Gasteiger partial charge >= 0.3 is 5.97 Å². The predicted molar refractivity (Wildman–Crippen MR) is 81.5 cm³/mol. The van der Waals surface area contributed by atoms with Crippen LogP contribution in [0.15, 0.2) is 46.9 Å². The molecule has 0 aliphatic carbocycles. The van der Waals surface area contributed by atoms with E-state index in [4.69, 9.17) is 21.1 Å². The Balaban J connectivity index is 1.90. The van der Waals surface area contributed by atoms with E-state index in [0.29, 0.717) is 16.5 Å². The number of hydrogen-bond acceptors (Lipinski definition) is 3. The summed E-state index contributed by atoms with van der Waals surface area (Å²) in [5.74, 6) is 0.564. The van der Waals surface area contributed by atoms with Crippen LogP contribution in [0.25, 0.3) is 0 Å². The van der Waals surface area contributed by atoms with Gasteiger partial charge in [0.25, 0.3) is 0 Å². The largest absolute Gasteiger partial charge is 0.481 e. The van der Waals surface area contributed by atoms with E-state index in [1.807, 2.05) is 19.1 Å². The number of hydrogen-bond donors (Lipinski definition) is 0. The Labute approximate surface area is 130 Å². The molecule has 0 N–H and O–H groups in total. The Morgan fingerprint density at radius 2 is 1.90 bits per heavy atom. The summed E-state index contributed by atoms with van der Waals surface area (Å²) in [5, 5.41) is 0.588. The molecule has 2 aromatic rings. The molecule has 2 aromatic carbocycles. The molecule has 104 valence electrons. The molecule has 0 saturated heterocycles. The Morgan fingerprint density at radius 1 is 1.20 bits per heavy atom. The van der Waals surface area contributed by atoms with Gasteiger partial charge in [-0.3, -0.25) is 0 Å². The lowest BCUT2D eigenvalue weighted by molar-refractivity contribution is -0.136. The minimum Gasteiger partial charge on any atom is -0.481 e. The molecule has 5 heteroatoms. The third-order valence-electron chi connectivity index (χ3n) is 2.48. The monoisotopic (exact) mass is 354 g/mol. The first-order chi connectivity index (χ1) is 9.54. The van der Waals surface area contributed by atoms with E-state index in [1.54, 1.807) is 30.3 Å². The van der Waals surface area contributed by atoms with Crippen LogP contribution in [0.5, 0.6) is 11.5 Å². The second-order valence-corrected chi connectivity index (χ2v) is 5.44. The van der Waals surface area contributed by atoms with Crippen molar-refractivity contribution in [3.63, 3.8) is 0 Å². The predicted octanol–water partition coefficient (Wildman–Crippen LogP) is 4.40. The van der Waals surface area contributed by atoms with Crippen LogP contribution in [0.2, 0.25) is 5.02 Å². The summed E-state index contributed by atoms with van der Waals surface area (Å²) in [7, 11) is 0. The van der Waals surface area contributed by atoms with Crippen LogP contribution in [0.4, 0.5) is 0 Å². The lowest BCUT2D eigenvalue weighted by Crippen LogP contribution is -2.17. The first kappa shape index (κ1) is 14.9. The van der Waals surface area contributed by atoms with Crippen molar-refractivity contribution in [2.45, 2.75) is 6.92 Å². The maximum Gasteiger partial charge on any atom is 0.349 e. The third-order valence-corrected chi connectivity index (χ3v) is 3.35. The molecular formula is C15H12BrClO3. The van der Waals surface area contributed by atoms with Crippen molar-refractivity contribution in [1.29, 1.82) is 0 Å². The number of aryl methyl sites for hydroxylation is 1. The number of rotatable bonds is 4. The summed E-state index contributed by atoms with van der Waals surface area (Å²) in [4.78, 5) is 11.7. The second-order valence-electron chi connectivity index (χ2n) is 4.15. The molecular weight excluding hydrogens is 344 g/mol. The summed E-state index contributed by atoms with van der Waals surface area (Å²) in [6.07, 6.45) is 0. The molecule has 0 heterocycles. The van der Waals surface area contributed by atoms with Gasteiger partial charge in [-0.2, -0.15) is 0 Å². The van der Waals surface area contributed by atoms with Crippen LogP contribution in [-0.2, 0) is 4.79 Å². The molecule has 0 saturated carbocycles. The Hall–Kier alpha value is -1.52. The lowest BCUT2D eigenvalue weighted by atomic mass is 10.2. The molecule has 0 atom stereocenters. The molecule has 0 fully saturated rings. The van der Waals surface area contributed by atoms with Gasteiger partial charge in [0.1, 0.15) is 11.5 Å². The highest BCUT2D eigenvalue weighted by atomic mass is 79.9. The van der Waals surface area contributed by atoms with Crippen molar-refractivity contribution < 1.29 is 14.3 Å². The zero-order chi connectivity index (χ0) is 14.5. The average Bonchev–Trinajstić information content (AvgIpc) is 2.40. The van der Waals surface area contributed by atoms with Gasteiger partial charge in [0.15, 0.2) is 6.61 Å². The summed E-state index contributed by atoms with van der Waals surface area (Å²) in [6, 6.07) is 12.2. The number of carbonyl (C=O) groups excluding carboxylic acids is 1. The maximum absolute atomic E-state index is 11.7. The smallest absolute Gasteiger partial charge is 0.349 e. The third kappa shape index (κ3) is 4.25. The van der Waals surface area contributed by atoms with Gasteiger partial charge in [-0.25, -0.2) is 4.79 Å². The van der Waals surface area contributed by atoms with Crippen LogP contribution in [0, 0.1) is 6.92 Å². The highest BCUT2D eigenvalue weighted by molar-refractivity contribution is 9.10. The van der Waals surface area contributed by atoms with Crippen LogP contribution >= 0.6 is 27.5 Å². The molecule has 0 radical (unpaired) electrons. The summed E-state index contributed by atoms with van der Waals surface area (Å²) < 4.78 is 11.3. The molecule has 0 aliphatic rings. The maximum atomic E-state index is 11.7. The molecule has 20 heavy (non-hydrogen) atoms. The topological polar surface area (TPSA) is 35.5 Å². The van der Waals surface area contributed by atoms with E-state index in [9.17, 15) is 4.79 Å². The average molecular weight is 356 g/mol. The van der Waals surface area contributed by atoms with Gasteiger partial charge in [0, 0.05) is 5.02 Å². The number of carbonyl (C=O) groups is 1. The van der Waals surface area contributed by atoms with Gasteiger partial charge < -0.3 is 9.47 Å². The number of esters is 1. The van der Waals surface area contributed by atoms with Gasteiger partial charge in [0.2, 0.25) is 0 Å². The van der Waals surface area contributed by atoms with E-state index in [0.717, 1.165) is 10.0 Å². The van der Waals surface area contributed by atoms with Gasteiger partial charge in [-0.15, -0.1) is 0 Å². The molecule has 0 aliphatic heterocycles. The Kier molecular flexibility index (Phi) is 5.04. The molecule has 2 rings (SSSR count). The standard InChI is InChI=1S/C15H12BrClO3/c1-10-2-7-14(13(16)8-10)19-9-15(18)20-12-5-3-11(17)4-6-12/h2-8H,9H2,1H3. The SMILES string of the molecule is Cc1ccc(OCC(=O)Oc2ccc(Cl)cc2)c(Br)c1. The fraction of sp³-hybridized carbons (Fsp3) is 0.133. The number of halogens is 2. The molecule has 0 spiro atoms. The fourth-order valence-electron chi connectivity index (χ4n) is 1.52. The van der Waals surface area contributed by atoms with E-state index < -0.39 is 5.97 Å². The van der Waals surface area contributed by atoms with E-state index in [-0.39, 0.29) is 6.61 Å². The van der Waals surface area contributed by atoms with E-state index >= 15 is 0 Å². The van der Waals surface area contributed by atoms with Crippen molar-refractivity contribution in [3.8, 4) is 11.5 Å². The van der Waals surface area contributed by atoms with Crippen molar-refractivity contribution in [2.24, 2.45) is 0 Å². The van der Waals surface area contributed by atoms with E-state index in [1.165, 1.54) is 0 Å². The highest BCUT2D eigenvalue weighted by Gasteiger charge is 2.08. The summed E-state index contributed by atoms with van der Waals surface area (Å²) in [5.41, 5.74) is 1.10. The van der Waals surface area contributed by atoms with Crippen LogP contribution in [-0.4, -0.2) is 12.6 Å². The molecule has 0 amide bonds. The zero-order valence-electron chi connectivity index (χ0n) is 10.7. The number of ether oxygens (including phenoxy) is 2. The van der Waals surface area contributed by atoms with Crippen molar-refractivity contribution in [1.82, 2.24) is 0 Å². The van der Waals surface area contributed by atoms with Crippen molar-refractivity contribution in [2.75, 3.05) is 6.61 Å². The minimum absolute atomic E-state index is 0.162. The van der Waals surface area contributed by atoms with E-state index in [2.05, 4.69) is 15.9 Å². The van der Waals surface area contributed by atoms with Crippen molar-refractivity contribution >= 4 is 33.5 Å². The van der Waals surface area contributed by atoms with Gasteiger partial charge in [-0.05, 0) is 64.8 Å². The Bertz CT molecular complexity index is 611. The van der Waals surface area contributed by atoms with Gasteiger partial charge in [-0.1, -0.05) is 17.7 Å².